The van der Waals surface area contributed by atoms with Gasteiger partial charge in [-0.2, -0.15) is 0 Å². The number of likely N-dealkylation sites (tertiary alicyclic amines) is 1. The fourth-order valence-electron chi connectivity index (χ4n) is 4.71. The van der Waals surface area contributed by atoms with E-state index in [1.807, 2.05) is 23.1 Å². The van der Waals surface area contributed by atoms with Crippen LogP contribution in [0.5, 0.6) is 11.5 Å². The van der Waals surface area contributed by atoms with Gasteiger partial charge in [0.05, 0.1) is 19.8 Å². The Morgan fingerprint density at radius 3 is 2.45 bits per heavy atom. The Balaban J connectivity index is 1.28. The van der Waals surface area contributed by atoms with E-state index < -0.39 is 0 Å². The molecule has 7 heteroatoms. The molecule has 5 rings (SSSR count). The second-order valence-corrected chi connectivity index (χ2v) is 8.25. The molecular weight excluding hydrogens is 368 g/mol. The van der Waals surface area contributed by atoms with Crippen molar-refractivity contribution in [1.82, 2.24) is 14.9 Å². The first-order valence-electron chi connectivity index (χ1n) is 10.2. The molecule has 7 nitrogen and oxygen atoms in total. The fraction of sp³-hybridized carbons (Fsp3) is 0.500. The summed E-state index contributed by atoms with van der Waals surface area (Å²) in [6.45, 7) is 3.40. The molecule has 2 aliphatic heterocycles. The van der Waals surface area contributed by atoms with Crippen molar-refractivity contribution in [3.63, 3.8) is 0 Å². The highest BCUT2D eigenvalue weighted by molar-refractivity contribution is 5.98. The van der Waals surface area contributed by atoms with E-state index in [2.05, 4.69) is 20.9 Å². The van der Waals surface area contributed by atoms with Crippen molar-refractivity contribution in [3.05, 3.63) is 41.9 Å². The first-order valence-corrected chi connectivity index (χ1v) is 10.2. The summed E-state index contributed by atoms with van der Waals surface area (Å²) in [4.78, 5) is 26.4. The van der Waals surface area contributed by atoms with Gasteiger partial charge in [-0.05, 0) is 25.0 Å². The van der Waals surface area contributed by atoms with E-state index in [-0.39, 0.29) is 5.91 Å². The maximum absolute atomic E-state index is 13.2. The van der Waals surface area contributed by atoms with Crippen LogP contribution in [0.1, 0.15) is 34.8 Å². The molecule has 0 radical (unpaired) electrons. The van der Waals surface area contributed by atoms with Crippen LogP contribution in [-0.2, 0) is 0 Å². The van der Waals surface area contributed by atoms with Gasteiger partial charge in [-0.15, -0.1) is 0 Å². The predicted molar refractivity (Wildman–Crippen MR) is 109 cm³/mol. The van der Waals surface area contributed by atoms with Crippen LogP contribution in [0.3, 0.4) is 0 Å². The molecule has 0 N–H and O–H groups in total. The zero-order valence-electron chi connectivity index (χ0n) is 16.9. The van der Waals surface area contributed by atoms with Gasteiger partial charge in [0.2, 0.25) is 0 Å². The summed E-state index contributed by atoms with van der Waals surface area (Å²) in [6, 6.07) is 7.61. The zero-order chi connectivity index (χ0) is 20.0. The number of ether oxygens (including phenoxy) is 2. The van der Waals surface area contributed by atoms with Crippen molar-refractivity contribution >= 4 is 11.7 Å². The number of carbonyl (C=O) groups excluding carboxylic acids is 1. The number of para-hydroxylation sites is 1. The topological polar surface area (TPSA) is 67.8 Å². The molecule has 3 heterocycles. The van der Waals surface area contributed by atoms with E-state index in [0.717, 1.165) is 32.0 Å². The van der Waals surface area contributed by atoms with Crippen molar-refractivity contribution in [2.24, 2.45) is 11.8 Å². The lowest BCUT2D eigenvalue weighted by atomic mass is 10.0. The van der Waals surface area contributed by atoms with Crippen LogP contribution in [0, 0.1) is 11.8 Å². The Bertz CT molecular complexity index is 916. The fourth-order valence-corrected chi connectivity index (χ4v) is 4.71. The molecule has 152 valence electrons. The number of methoxy groups -OCH3 is 2. The predicted octanol–water partition coefficient (Wildman–Crippen LogP) is 2.58. The standard InChI is InChI=1S/C22H26N4O3/c1-28-19-5-3-4-17(21(19)29-2)22(27)26-11-15-9-25(10-16(15)12-26)20-8-18(14-6-7-14)23-13-24-20/h3-5,8,13-16H,6-7,9-12H2,1-2H3. The van der Waals surface area contributed by atoms with Crippen molar-refractivity contribution in [1.29, 1.82) is 0 Å². The van der Waals surface area contributed by atoms with E-state index >= 15 is 0 Å². The second-order valence-electron chi connectivity index (χ2n) is 8.25. The van der Waals surface area contributed by atoms with E-state index in [1.54, 1.807) is 20.5 Å². The highest BCUT2D eigenvalue weighted by Crippen LogP contribution is 2.41. The monoisotopic (exact) mass is 394 g/mol. The van der Waals surface area contributed by atoms with Gasteiger partial charge in [-0.3, -0.25) is 4.79 Å². The lowest BCUT2D eigenvalue weighted by molar-refractivity contribution is 0.0778. The smallest absolute Gasteiger partial charge is 0.257 e. The lowest BCUT2D eigenvalue weighted by Gasteiger charge is -2.23. The summed E-state index contributed by atoms with van der Waals surface area (Å²) in [5.74, 6) is 3.70. The molecule has 29 heavy (non-hydrogen) atoms. The van der Waals surface area contributed by atoms with Gasteiger partial charge in [-0.25, -0.2) is 9.97 Å². The molecule has 1 amide bonds. The minimum Gasteiger partial charge on any atom is -0.493 e. The van der Waals surface area contributed by atoms with Gasteiger partial charge < -0.3 is 19.3 Å². The third-order valence-electron chi connectivity index (χ3n) is 6.40. The zero-order valence-corrected chi connectivity index (χ0v) is 16.9. The molecule has 1 aliphatic carbocycles. The number of aromatic nitrogens is 2. The number of carbonyl (C=O) groups is 1. The quantitative estimate of drug-likeness (QED) is 0.777. The Kier molecular flexibility index (Phi) is 4.53. The van der Waals surface area contributed by atoms with E-state index in [9.17, 15) is 4.79 Å². The number of hydrogen-bond acceptors (Lipinski definition) is 6. The molecule has 2 aromatic rings. The van der Waals surface area contributed by atoms with E-state index in [4.69, 9.17) is 9.47 Å². The van der Waals surface area contributed by atoms with Crippen molar-refractivity contribution in [3.8, 4) is 11.5 Å². The Labute approximate surface area is 170 Å². The summed E-state index contributed by atoms with van der Waals surface area (Å²) in [7, 11) is 3.16. The third-order valence-corrected chi connectivity index (χ3v) is 6.40. The van der Waals surface area contributed by atoms with Crippen LogP contribution >= 0.6 is 0 Å². The molecule has 0 spiro atoms. The third kappa shape index (κ3) is 3.28. The first kappa shape index (κ1) is 18.2. The number of rotatable bonds is 5. The number of anilines is 1. The van der Waals surface area contributed by atoms with Crippen molar-refractivity contribution in [2.45, 2.75) is 18.8 Å². The minimum absolute atomic E-state index is 0.0137. The van der Waals surface area contributed by atoms with Gasteiger partial charge in [-0.1, -0.05) is 6.07 Å². The van der Waals surface area contributed by atoms with Crippen LogP contribution in [0.25, 0.3) is 0 Å². The minimum atomic E-state index is 0.0137. The normalized spacial score (nSPS) is 23.2. The number of fused-ring (bicyclic) bond motifs is 1. The number of amides is 1. The molecule has 2 unspecified atom stereocenters. The van der Waals surface area contributed by atoms with Gasteiger partial charge in [0.25, 0.3) is 5.91 Å². The molecule has 3 aliphatic rings. The second kappa shape index (κ2) is 7.21. The van der Waals surface area contributed by atoms with Gasteiger partial charge >= 0.3 is 0 Å². The van der Waals surface area contributed by atoms with Crippen molar-refractivity contribution in [2.75, 3.05) is 45.3 Å². The maximum atomic E-state index is 13.2. The average molecular weight is 394 g/mol. The molecule has 2 atom stereocenters. The number of hydrogen-bond donors (Lipinski definition) is 0. The number of nitrogens with zero attached hydrogens (tertiary/aromatic N) is 4. The summed E-state index contributed by atoms with van der Waals surface area (Å²) in [5, 5.41) is 0. The Morgan fingerprint density at radius 1 is 1.03 bits per heavy atom. The van der Waals surface area contributed by atoms with Crippen LogP contribution in [0.4, 0.5) is 5.82 Å². The maximum Gasteiger partial charge on any atom is 0.257 e. The van der Waals surface area contributed by atoms with Gasteiger partial charge in [0.1, 0.15) is 12.1 Å². The van der Waals surface area contributed by atoms with Crippen LogP contribution in [0.15, 0.2) is 30.6 Å². The summed E-state index contributed by atoms with van der Waals surface area (Å²) >= 11 is 0. The Morgan fingerprint density at radius 2 is 1.79 bits per heavy atom. The molecule has 1 aromatic carbocycles. The highest BCUT2D eigenvalue weighted by atomic mass is 16.5. The molecule has 2 saturated heterocycles. The molecular formula is C22H26N4O3. The van der Waals surface area contributed by atoms with Gasteiger partial charge in [0, 0.05) is 55.7 Å². The molecule has 0 bridgehead atoms. The van der Waals surface area contributed by atoms with E-state index in [1.165, 1.54) is 18.5 Å². The van der Waals surface area contributed by atoms with Crippen LogP contribution < -0.4 is 14.4 Å². The molecule has 3 fully saturated rings. The summed E-state index contributed by atoms with van der Waals surface area (Å²) in [5.41, 5.74) is 1.74. The summed E-state index contributed by atoms with van der Waals surface area (Å²) in [6.07, 6.45) is 4.18. The summed E-state index contributed by atoms with van der Waals surface area (Å²) < 4.78 is 10.8. The average Bonchev–Trinajstić information content (AvgIpc) is 3.42. The first-order chi connectivity index (χ1) is 14.2. The largest absolute Gasteiger partial charge is 0.493 e. The highest BCUT2D eigenvalue weighted by Gasteiger charge is 2.42. The van der Waals surface area contributed by atoms with Gasteiger partial charge in [0.15, 0.2) is 11.5 Å². The molecule has 1 saturated carbocycles. The van der Waals surface area contributed by atoms with Crippen LogP contribution in [0.2, 0.25) is 0 Å². The molecule has 1 aromatic heterocycles. The Hall–Kier alpha value is -2.83. The lowest BCUT2D eigenvalue weighted by Crippen LogP contribution is -2.33. The number of benzene rings is 1. The van der Waals surface area contributed by atoms with Crippen LogP contribution in [-0.4, -0.2) is 61.2 Å². The SMILES string of the molecule is COc1cccc(C(=O)N2CC3CN(c4cc(C5CC5)ncn4)CC3C2)c1OC. The van der Waals surface area contributed by atoms with Crippen molar-refractivity contribution < 1.29 is 14.3 Å². The van der Waals surface area contributed by atoms with E-state index in [0.29, 0.717) is 34.8 Å².